The van der Waals surface area contributed by atoms with E-state index >= 15 is 0 Å². The van der Waals surface area contributed by atoms with E-state index in [2.05, 4.69) is 47.8 Å². The van der Waals surface area contributed by atoms with Crippen molar-refractivity contribution >= 4 is 28.1 Å². The van der Waals surface area contributed by atoms with Crippen molar-refractivity contribution in [1.29, 1.82) is 0 Å². The molecule has 0 fully saturated rings. The lowest BCUT2D eigenvalue weighted by molar-refractivity contribution is 1.33. The summed E-state index contributed by atoms with van der Waals surface area (Å²) in [5, 5.41) is 5.85. The first kappa shape index (κ1) is 11.0. The first-order valence-electron chi connectivity index (χ1n) is 5.34. The Hall–Kier alpha value is -1.47. The van der Waals surface area contributed by atoms with Gasteiger partial charge in [-0.2, -0.15) is 0 Å². The van der Waals surface area contributed by atoms with E-state index in [4.69, 9.17) is 11.6 Å². The highest BCUT2D eigenvalue weighted by molar-refractivity contribution is 6.18. The second kappa shape index (κ2) is 5.57. The molecule has 2 aromatic carbocycles. The predicted molar refractivity (Wildman–Crippen MR) is 72.3 cm³/mol. The number of allylic oxidation sites excluding steroid dienone is 1. The summed E-state index contributed by atoms with van der Waals surface area (Å²) < 4.78 is 0. The summed E-state index contributed by atoms with van der Waals surface area (Å²) in [6.07, 6.45) is 3.97. The quantitative estimate of drug-likeness (QED) is 0.619. The topological polar surface area (TPSA) is 12.0 Å². The van der Waals surface area contributed by atoms with Crippen LogP contribution < -0.4 is 5.32 Å². The van der Waals surface area contributed by atoms with Crippen molar-refractivity contribution in [2.75, 3.05) is 17.7 Å². The Morgan fingerprint density at radius 2 is 1.81 bits per heavy atom. The Balaban J connectivity index is 2.10. The van der Waals surface area contributed by atoms with Crippen molar-refractivity contribution in [3.05, 3.63) is 54.6 Å². The molecule has 0 aliphatic rings. The second-order valence-corrected chi connectivity index (χ2v) is 3.88. The molecule has 0 heterocycles. The molecule has 0 amide bonds. The molecule has 16 heavy (non-hydrogen) atoms. The molecule has 0 aliphatic carbocycles. The van der Waals surface area contributed by atoms with E-state index in [9.17, 15) is 0 Å². The summed E-state index contributed by atoms with van der Waals surface area (Å²) >= 11 is 5.55. The van der Waals surface area contributed by atoms with E-state index in [1.165, 1.54) is 10.8 Å². The fourth-order valence-electron chi connectivity index (χ4n) is 1.62. The molecule has 0 atom stereocenters. The van der Waals surface area contributed by atoms with Crippen LogP contribution in [0.2, 0.25) is 0 Å². The molecule has 0 spiro atoms. The fourth-order valence-corrected chi connectivity index (χ4v) is 1.75. The van der Waals surface area contributed by atoms with Crippen LogP contribution >= 0.6 is 11.6 Å². The molecule has 0 saturated heterocycles. The smallest absolute Gasteiger partial charge is 0.0404 e. The van der Waals surface area contributed by atoms with Crippen molar-refractivity contribution < 1.29 is 0 Å². The number of alkyl halides is 1. The third-order valence-electron chi connectivity index (χ3n) is 2.43. The zero-order valence-electron chi connectivity index (χ0n) is 8.99. The molecule has 1 N–H and O–H groups in total. The van der Waals surface area contributed by atoms with E-state index in [0.717, 1.165) is 12.2 Å². The number of halogens is 1. The standard InChI is InChI=1S/C14H14ClN/c15-9-3-4-10-16-14-8-7-12-5-1-2-6-13(12)11-14/h1-8,11,16H,9-10H2/b4-3+. The molecular formula is C14H14ClN. The van der Waals surface area contributed by atoms with E-state index in [1.807, 2.05) is 12.2 Å². The normalized spacial score (nSPS) is 11.1. The maximum Gasteiger partial charge on any atom is 0.0404 e. The molecule has 2 heteroatoms. The van der Waals surface area contributed by atoms with E-state index in [1.54, 1.807) is 0 Å². The minimum atomic E-state index is 0.569. The van der Waals surface area contributed by atoms with Gasteiger partial charge in [-0.25, -0.2) is 0 Å². The van der Waals surface area contributed by atoms with Gasteiger partial charge in [-0.1, -0.05) is 42.5 Å². The van der Waals surface area contributed by atoms with Crippen LogP contribution in [0.3, 0.4) is 0 Å². The summed E-state index contributed by atoms with van der Waals surface area (Å²) in [4.78, 5) is 0. The molecule has 1 nitrogen and oxygen atoms in total. The molecule has 0 aromatic heterocycles. The number of hydrogen-bond donors (Lipinski definition) is 1. The first-order valence-corrected chi connectivity index (χ1v) is 5.87. The lowest BCUT2D eigenvalue weighted by Gasteiger charge is -2.04. The average Bonchev–Trinajstić information content (AvgIpc) is 2.34. The van der Waals surface area contributed by atoms with Crippen LogP contribution in [0.25, 0.3) is 10.8 Å². The summed E-state index contributed by atoms with van der Waals surface area (Å²) in [5.41, 5.74) is 1.14. The van der Waals surface area contributed by atoms with Crippen molar-refractivity contribution in [3.63, 3.8) is 0 Å². The van der Waals surface area contributed by atoms with Crippen LogP contribution in [0.15, 0.2) is 54.6 Å². The molecular weight excluding hydrogens is 218 g/mol. The molecule has 82 valence electrons. The molecule has 0 saturated carbocycles. The summed E-state index contributed by atoms with van der Waals surface area (Å²) in [5.74, 6) is 0.569. The Labute approximate surface area is 101 Å². The largest absolute Gasteiger partial charge is 0.382 e. The molecule has 0 unspecified atom stereocenters. The average molecular weight is 232 g/mol. The summed E-state index contributed by atoms with van der Waals surface area (Å²) in [6, 6.07) is 14.7. The van der Waals surface area contributed by atoms with Gasteiger partial charge in [0.2, 0.25) is 0 Å². The van der Waals surface area contributed by atoms with Crippen LogP contribution in [0.5, 0.6) is 0 Å². The SMILES string of the molecule is ClC/C=C/CNc1ccc2ccccc2c1. The van der Waals surface area contributed by atoms with Crippen LogP contribution in [-0.4, -0.2) is 12.4 Å². The van der Waals surface area contributed by atoms with Crippen molar-refractivity contribution in [2.45, 2.75) is 0 Å². The fraction of sp³-hybridized carbons (Fsp3) is 0.143. The summed E-state index contributed by atoms with van der Waals surface area (Å²) in [6.45, 7) is 0.811. The molecule has 2 aromatic rings. The number of hydrogen-bond acceptors (Lipinski definition) is 1. The summed E-state index contributed by atoms with van der Waals surface area (Å²) in [7, 11) is 0. The van der Waals surface area contributed by atoms with E-state index in [-0.39, 0.29) is 0 Å². The van der Waals surface area contributed by atoms with Gasteiger partial charge >= 0.3 is 0 Å². The van der Waals surface area contributed by atoms with E-state index in [0.29, 0.717) is 5.88 Å². The molecule has 0 bridgehead atoms. The Kier molecular flexibility index (Phi) is 3.84. The van der Waals surface area contributed by atoms with Crippen LogP contribution in [0.4, 0.5) is 5.69 Å². The van der Waals surface area contributed by atoms with Gasteiger partial charge in [-0.3, -0.25) is 0 Å². The third kappa shape index (κ3) is 2.77. The van der Waals surface area contributed by atoms with Gasteiger partial charge in [0.05, 0.1) is 0 Å². The zero-order valence-corrected chi connectivity index (χ0v) is 9.74. The van der Waals surface area contributed by atoms with Crippen molar-refractivity contribution in [2.24, 2.45) is 0 Å². The predicted octanol–water partition coefficient (Wildman–Crippen LogP) is 4.05. The van der Waals surface area contributed by atoms with Gasteiger partial charge in [0.15, 0.2) is 0 Å². The Morgan fingerprint density at radius 3 is 2.62 bits per heavy atom. The highest BCUT2D eigenvalue weighted by atomic mass is 35.5. The number of benzene rings is 2. The zero-order chi connectivity index (χ0) is 11.2. The van der Waals surface area contributed by atoms with Gasteiger partial charge in [0.25, 0.3) is 0 Å². The highest BCUT2D eigenvalue weighted by Gasteiger charge is 1.93. The molecule has 0 radical (unpaired) electrons. The monoisotopic (exact) mass is 231 g/mol. The Bertz CT molecular complexity index is 491. The maximum atomic E-state index is 5.55. The third-order valence-corrected chi connectivity index (χ3v) is 2.61. The van der Waals surface area contributed by atoms with Gasteiger partial charge < -0.3 is 5.32 Å². The van der Waals surface area contributed by atoms with Gasteiger partial charge in [-0.15, -0.1) is 11.6 Å². The van der Waals surface area contributed by atoms with Crippen molar-refractivity contribution in [3.8, 4) is 0 Å². The lowest BCUT2D eigenvalue weighted by atomic mass is 10.1. The number of anilines is 1. The van der Waals surface area contributed by atoms with Crippen LogP contribution in [0.1, 0.15) is 0 Å². The Morgan fingerprint density at radius 1 is 1.00 bits per heavy atom. The first-order chi connectivity index (χ1) is 7.90. The lowest BCUT2D eigenvalue weighted by Crippen LogP contribution is -1.97. The molecule has 2 rings (SSSR count). The minimum absolute atomic E-state index is 0.569. The maximum absolute atomic E-state index is 5.55. The van der Waals surface area contributed by atoms with Gasteiger partial charge in [0.1, 0.15) is 0 Å². The number of nitrogens with one attached hydrogen (secondary N) is 1. The highest BCUT2D eigenvalue weighted by Crippen LogP contribution is 2.18. The van der Waals surface area contributed by atoms with Crippen LogP contribution in [-0.2, 0) is 0 Å². The number of rotatable bonds is 4. The van der Waals surface area contributed by atoms with Crippen molar-refractivity contribution in [1.82, 2.24) is 0 Å². The van der Waals surface area contributed by atoms with E-state index < -0.39 is 0 Å². The van der Waals surface area contributed by atoms with Gasteiger partial charge in [-0.05, 0) is 22.9 Å². The second-order valence-electron chi connectivity index (χ2n) is 3.57. The van der Waals surface area contributed by atoms with Crippen LogP contribution in [0, 0.1) is 0 Å². The molecule has 0 aliphatic heterocycles. The van der Waals surface area contributed by atoms with Gasteiger partial charge in [0, 0.05) is 18.1 Å². The minimum Gasteiger partial charge on any atom is -0.382 e. The number of fused-ring (bicyclic) bond motifs is 1.